The van der Waals surface area contributed by atoms with Gasteiger partial charge in [0.05, 0.1) is 29.1 Å². The Labute approximate surface area is 189 Å². The van der Waals surface area contributed by atoms with Gasteiger partial charge in [-0.05, 0) is 67.3 Å². The number of hydrogen-bond acceptors (Lipinski definition) is 5. The Morgan fingerprint density at radius 2 is 2.09 bits per heavy atom. The van der Waals surface area contributed by atoms with Crippen LogP contribution >= 0.6 is 0 Å². The molecular formula is C26H28N6. The molecule has 0 bridgehead atoms. The molecular weight excluding hydrogens is 396 g/mol. The molecule has 6 nitrogen and oxygen atoms in total. The zero-order valence-corrected chi connectivity index (χ0v) is 18.7. The van der Waals surface area contributed by atoms with Crippen molar-refractivity contribution < 1.29 is 0 Å². The van der Waals surface area contributed by atoms with Crippen LogP contribution in [-0.2, 0) is 6.54 Å². The van der Waals surface area contributed by atoms with Crippen molar-refractivity contribution >= 4 is 11.3 Å². The van der Waals surface area contributed by atoms with E-state index >= 15 is 0 Å². The lowest BCUT2D eigenvalue weighted by Gasteiger charge is -2.26. The van der Waals surface area contributed by atoms with E-state index in [2.05, 4.69) is 57.8 Å². The number of aryl methyl sites for hydroxylation is 2. The molecule has 3 aromatic rings. The Morgan fingerprint density at radius 3 is 2.88 bits per heavy atom. The van der Waals surface area contributed by atoms with E-state index in [0.717, 1.165) is 56.1 Å². The third-order valence-corrected chi connectivity index (χ3v) is 6.66. The molecule has 32 heavy (non-hydrogen) atoms. The highest BCUT2D eigenvalue weighted by Crippen LogP contribution is 2.39. The summed E-state index contributed by atoms with van der Waals surface area (Å²) in [5.74, 6) is 0. The van der Waals surface area contributed by atoms with Crippen LogP contribution in [0.15, 0.2) is 48.5 Å². The van der Waals surface area contributed by atoms with E-state index in [-0.39, 0.29) is 6.04 Å². The van der Waals surface area contributed by atoms with Gasteiger partial charge in [-0.3, -0.25) is 4.90 Å². The van der Waals surface area contributed by atoms with Crippen molar-refractivity contribution in [3.8, 4) is 17.3 Å². The molecule has 0 saturated carbocycles. The molecule has 0 radical (unpaired) electrons. The second kappa shape index (κ2) is 8.60. The minimum Gasteiger partial charge on any atom is -0.378 e. The molecule has 0 aliphatic carbocycles. The number of rotatable bonds is 4. The summed E-state index contributed by atoms with van der Waals surface area (Å²) in [6.45, 7) is 8.27. The SMILES string of the molecule is CCN1CC=C(c2ccc3c(c2)C(Nc2cccc(C#N)c2)CCn2nnc(C)c2-3)CC1. The highest BCUT2D eigenvalue weighted by atomic mass is 15.4. The van der Waals surface area contributed by atoms with Gasteiger partial charge in [0.1, 0.15) is 0 Å². The molecule has 0 amide bonds. The van der Waals surface area contributed by atoms with E-state index in [1.807, 2.05) is 35.9 Å². The maximum Gasteiger partial charge on any atom is 0.0992 e. The van der Waals surface area contributed by atoms with Crippen LogP contribution < -0.4 is 5.32 Å². The highest BCUT2D eigenvalue weighted by Gasteiger charge is 2.26. The highest BCUT2D eigenvalue weighted by molar-refractivity contribution is 5.75. The fourth-order valence-electron chi connectivity index (χ4n) is 4.85. The first kappa shape index (κ1) is 20.5. The predicted octanol–water partition coefficient (Wildman–Crippen LogP) is 4.79. The molecule has 2 aliphatic heterocycles. The van der Waals surface area contributed by atoms with E-state index in [0.29, 0.717) is 5.56 Å². The van der Waals surface area contributed by atoms with Crippen LogP contribution in [0.25, 0.3) is 16.8 Å². The largest absolute Gasteiger partial charge is 0.378 e. The topological polar surface area (TPSA) is 69.8 Å². The second-order valence-electron chi connectivity index (χ2n) is 8.60. The first-order valence-corrected chi connectivity index (χ1v) is 11.4. The molecule has 6 heteroatoms. The van der Waals surface area contributed by atoms with Crippen LogP contribution in [-0.4, -0.2) is 39.5 Å². The van der Waals surface area contributed by atoms with Crippen molar-refractivity contribution in [1.29, 1.82) is 5.26 Å². The monoisotopic (exact) mass is 424 g/mol. The molecule has 0 fully saturated rings. The van der Waals surface area contributed by atoms with Gasteiger partial charge in [0.15, 0.2) is 0 Å². The Hall–Kier alpha value is -3.43. The van der Waals surface area contributed by atoms with Crippen molar-refractivity contribution in [3.63, 3.8) is 0 Å². The van der Waals surface area contributed by atoms with Gasteiger partial charge in [0.2, 0.25) is 0 Å². The first-order chi connectivity index (χ1) is 15.7. The summed E-state index contributed by atoms with van der Waals surface area (Å²) in [4.78, 5) is 2.47. The Bertz CT molecular complexity index is 1220. The average Bonchev–Trinajstić information content (AvgIpc) is 3.13. The number of nitrogens with zero attached hydrogens (tertiary/aromatic N) is 5. The van der Waals surface area contributed by atoms with Gasteiger partial charge in [-0.1, -0.05) is 36.4 Å². The van der Waals surface area contributed by atoms with E-state index in [1.165, 1.54) is 22.3 Å². The standard InChI is InChI=1S/C26H28N6/c1-3-31-12-9-20(10-13-31)21-7-8-23-24(16-21)25(11-14-32-26(23)18(2)29-30-32)28-22-6-4-5-19(15-22)17-27/h4-9,15-16,25,28H,3,10-14H2,1-2H3. The van der Waals surface area contributed by atoms with E-state index in [4.69, 9.17) is 0 Å². The molecule has 1 N–H and O–H groups in total. The zero-order chi connectivity index (χ0) is 22.1. The normalized spacial score (nSPS) is 18.2. The average molecular weight is 425 g/mol. The van der Waals surface area contributed by atoms with Gasteiger partial charge in [0.25, 0.3) is 0 Å². The predicted molar refractivity (Wildman–Crippen MR) is 127 cm³/mol. The van der Waals surface area contributed by atoms with Crippen LogP contribution in [0.5, 0.6) is 0 Å². The van der Waals surface area contributed by atoms with E-state index in [1.54, 1.807) is 0 Å². The lowest BCUT2D eigenvalue weighted by molar-refractivity contribution is 0.319. The van der Waals surface area contributed by atoms with Crippen LogP contribution in [0.4, 0.5) is 5.69 Å². The number of nitrogens with one attached hydrogen (secondary N) is 1. The van der Waals surface area contributed by atoms with Crippen LogP contribution in [0.3, 0.4) is 0 Å². The summed E-state index contributed by atoms with van der Waals surface area (Å²) in [6.07, 6.45) is 4.35. The number of aromatic nitrogens is 3. The quantitative estimate of drug-likeness (QED) is 0.652. The van der Waals surface area contributed by atoms with Crippen molar-refractivity contribution in [1.82, 2.24) is 19.9 Å². The number of fused-ring (bicyclic) bond motifs is 3. The van der Waals surface area contributed by atoms with Gasteiger partial charge in [-0.25, -0.2) is 4.68 Å². The Kier molecular flexibility index (Phi) is 5.50. The molecule has 2 aliphatic rings. The van der Waals surface area contributed by atoms with Crippen molar-refractivity contribution in [3.05, 3.63) is 70.9 Å². The lowest BCUT2D eigenvalue weighted by Crippen LogP contribution is -2.28. The van der Waals surface area contributed by atoms with Gasteiger partial charge in [0, 0.05) is 30.9 Å². The molecule has 2 aromatic carbocycles. The fraction of sp³-hybridized carbons (Fsp3) is 0.346. The fourth-order valence-corrected chi connectivity index (χ4v) is 4.85. The van der Waals surface area contributed by atoms with Gasteiger partial charge in [-0.15, -0.1) is 5.10 Å². The number of benzene rings is 2. The van der Waals surface area contributed by atoms with E-state index < -0.39 is 0 Å². The third kappa shape index (κ3) is 3.80. The number of anilines is 1. The maximum absolute atomic E-state index is 9.30. The molecule has 5 rings (SSSR count). The zero-order valence-electron chi connectivity index (χ0n) is 18.7. The van der Waals surface area contributed by atoms with Gasteiger partial charge in [-0.2, -0.15) is 5.26 Å². The lowest BCUT2D eigenvalue weighted by atomic mass is 9.90. The van der Waals surface area contributed by atoms with E-state index in [9.17, 15) is 5.26 Å². The second-order valence-corrected chi connectivity index (χ2v) is 8.60. The Balaban J connectivity index is 1.56. The molecule has 1 atom stereocenters. The minimum atomic E-state index is 0.122. The number of hydrogen-bond donors (Lipinski definition) is 1. The summed E-state index contributed by atoms with van der Waals surface area (Å²) in [7, 11) is 0. The van der Waals surface area contributed by atoms with Crippen molar-refractivity contribution in [2.24, 2.45) is 0 Å². The molecule has 0 saturated heterocycles. The summed E-state index contributed by atoms with van der Waals surface area (Å²) in [6, 6.07) is 16.9. The summed E-state index contributed by atoms with van der Waals surface area (Å²) in [5.41, 5.74) is 8.89. The molecule has 162 valence electrons. The maximum atomic E-state index is 9.30. The molecule has 3 heterocycles. The molecule has 1 unspecified atom stereocenters. The first-order valence-electron chi connectivity index (χ1n) is 11.4. The summed E-state index contributed by atoms with van der Waals surface area (Å²) in [5, 5.41) is 21.7. The third-order valence-electron chi connectivity index (χ3n) is 6.66. The van der Waals surface area contributed by atoms with Crippen molar-refractivity contribution in [2.75, 3.05) is 25.0 Å². The molecule has 1 aromatic heterocycles. The smallest absolute Gasteiger partial charge is 0.0992 e. The van der Waals surface area contributed by atoms with Gasteiger partial charge < -0.3 is 5.32 Å². The van der Waals surface area contributed by atoms with Crippen molar-refractivity contribution in [2.45, 2.75) is 39.3 Å². The summed E-state index contributed by atoms with van der Waals surface area (Å²) < 4.78 is 2.03. The summed E-state index contributed by atoms with van der Waals surface area (Å²) >= 11 is 0. The Morgan fingerprint density at radius 1 is 1.19 bits per heavy atom. The van der Waals surface area contributed by atoms with Crippen LogP contribution in [0, 0.1) is 18.3 Å². The minimum absolute atomic E-state index is 0.122. The molecule has 0 spiro atoms. The van der Waals surface area contributed by atoms with Crippen LogP contribution in [0.2, 0.25) is 0 Å². The number of likely N-dealkylation sites (N-methyl/N-ethyl adjacent to an activating group) is 1. The number of nitriles is 1. The van der Waals surface area contributed by atoms with Gasteiger partial charge >= 0.3 is 0 Å². The van der Waals surface area contributed by atoms with Crippen LogP contribution in [0.1, 0.15) is 48.2 Å².